The number of carbonyl (C=O) groups is 2. The summed E-state index contributed by atoms with van der Waals surface area (Å²) in [5.74, 6) is -0.340. The molecule has 24 heavy (non-hydrogen) atoms. The third-order valence-corrected chi connectivity index (χ3v) is 4.20. The fourth-order valence-corrected chi connectivity index (χ4v) is 2.75. The molecule has 0 saturated carbocycles. The number of aryl methyl sites for hydroxylation is 1. The van der Waals surface area contributed by atoms with Crippen molar-refractivity contribution in [1.82, 2.24) is 4.90 Å². The maximum absolute atomic E-state index is 12.6. The molecule has 128 valence electrons. The van der Waals surface area contributed by atoms with E-state index in [2.05, 4.69) is 11.4 Å². The van der Waals surface area contributed by atoms with Gasteiger partial charge in [0.15, 0.2) is 0 Å². The zero-order valence-corrected chi connectivity index (χ0v) is 14.1. The number of nitrogens with zero attached hydrogens (tertiary/aromatic N) is 2. The summed E-state index contributed by atoms with van der Waals surface area (Å²) in [4.78, 5) is 26.2. The Morgan fingerprint density at radius 2 is 2.08 bits per heavy atom. The van der Waals surface area contributed by atoms with E-state index in [-0.39, 0.29) is 24.2 Å². The first-order valence-electron chi connectivity index (χ1n) is 8.18. The van der Waals surface area contributed by atoms with Gasteiger partial charge in [0.1, 0.15) is 0 Å². The molecule has 1 aliphatic rings. The quantitative estimate of drug-likeness (QED) is 0.884. The zero-order chi connectivity index (χ0) is 17.7. The lowest BCUT2D eigenvalue weighted by atomic mass is 9.98. The minimum atomic E-state index is -0.712. The maximum Gasteiger partial charge on any atom is 0.253 e. The fraction of sp³-hybridized carbons (Fsp3) is 0.500. The van der Waals surface area contributed by atoms with Crippen molar-refractivity contribution >= 4 is 17.5 Å². The highest BCUT2D eigenvalue weighted by atomic mass is 16.3. The van der Waals surface area contributed by atoms with Crippen LogP contribution in [-0.2, 0) is 4.79 Å². The van der Waals surface area contributed by atoms with Gasteiger partial charge in [0.05, 0.1) is 18.6 Å². The second-order valence-corrected chi connectivity index (χ2v) is 6.33. The number of rotatable bonds is 4. The lowest BCUT2D eigenvalue weighted by Crippen LogP contribution is -2.38. The molecule has 0 radical (unpaired) electrons. The first kappa shape index (κ1) is 18.0. The van der Waals surface area contributed by atoms with Gasteiger partial charge in [-0.05, 0) is 44.4 Å². The first-order valence-corrected chi connectivity index (χ1v) is 8.18. The molecule has 2 rings (SSSR count). The average Bonchev–Trinajstić information content (AvgIpc) is 2.55. The van der Waals surface area contributed by atoms with Crippen molar-refractivity contribution in [3.05, 3.63) is 29.3 Å². The molecule has 6 nitrogen and oxygen atoms in total. The Balaban J connectivity index is 2.08. The monoisotopic (exact) mass is 329 g/mol. The largest absolute Gasteiger partial charge is 0.393 e. The van der Waals surface area contributed by atoms with Crippen LogP contribution in [-0.4, -0.2) is 41.0 Å². The minimum absolute atomic E-state index is 0.0132. The van der Waals surface area contributed by atoms with Crippen LogP contribution in [0, 0.1) is 24.2 Å². The summed E-state index contributed by atoms with van der Waals surface area (Å²) in [6, 6.07) is 7.47. The summed E-state index contributed by atoms with van der Waals surface area (Å²) >= 11 is 0. The molecule has 1 saturated heterocycles. The number of carbonyl (C=O) groups excluding carboxylic acids is 2. The number of amides is 2. The van der Waals surface area contributed by atoms with Crippen molar-refractivity contribution in [1.29, 1.82) is 5.26 Å². The van der Waals surface area contributed by atoms with Crippen LogP contribution >= 0.6 is 0 Å². The van der Waals surface area contributed by atoms with E-state index in [1.807, 2.05) is 6.92 Å². The zero-order valence-electron chi connectivity index (χ0n) is 14.1. The highest BCUT2D eigenvalue weighted by Gasteiger charge is 2.23. The molecule has 1 aromatic carbocycles. The van der Waals surface area contributed by atoms with E-state index in [9.17, 15) is 14.7 Å². The van der Waals surface area contributed by atoms with Gasteiger partial charge in [0.25, 0.3) is 5.91 Å². The molecule has 1 unspecified atom stereocenters. The molecular weight excluding hydrogens is 306 g/mol. The highest BCUT2D eigenvalue weighted by Crippen LogP contribution is 2.22. The molecule has 0 spiro atoms. The lowest BCUT2D eigenvalue weighted by molar-refractivity contribution is -0.117. The summed E-state index contributed by atoms with van der Waals surface area (Å²) in [5, 5.41) is 21.0. The summed E-state index contributed by atoms with van der Waals surface area (Å²) < 4.78 is 0. The van der Waals surface area contributed by atoms with Crippen LogP contribution in [0.4, 0.5) is 5.69 Å². The number of nitrogens with one attached hydrogen (secondary N) is 1. The molecular formula is C18H23N3O3. The number of piperidine rings is 1. The van der Waals surface area contributed by atoms with Crippen molar-refractivity contribution in [2.24, 2.45) is 5.92 Å². The topological polar surface area (TPSA) is 93.4 Å². The molecule has 6 heteroatoms. The maximum atomic E-state index is 12.6. The molecule has 1 atom stereocenters. The van der Waals surface area contributed by atoms with Gasteiger partial charge in [-0.3, -0.25) is 9.59 Å². The highest BCUT2D eigenvalue weighted by molar-refractivity contribution is 5.97. The van der Waals surface area contributed by atoms with Gasteiger partial charge in [-0.1, -0.05) is 6.07 Å². The van der Waals surface area contributed by atoms with E-state index in [4.69, 9.17) is 5.26 Å². The van der Waals surface area contributed by atoms with Gasteiger partial charge in [0.2, 0.25) is 5.91 Å². The summed E-state index contributed by atoms with van der Waals surface area (Å²) in [6.07, 6.45) is 0.703. The average molecular weight is 329 g/mol. The second-order valence-electron chi connectivity index (χ2n) is 6.33. The van der Waals surface area contributed by atoms with Gasteiger partial charge >= 0.3 is 0 Å². The van der Waals surface area contributed by atoms with Crippen LogP contribution in [0.5, 0.6) is 0 Å². The van der Waals surface area contributed by atoms with Gasteiger partial charge in [-0.15, -0.1) is 0 Å². The van der Waals surface area contributed by atoms with E-state index in [0.29, 0.717) is 37.2 Å². The number of aliphatic hydroxyl groups is 1. The van der Waals surface area contributed by atoms with Gasteiger partial charge < -0.3 is 15.3 Å². The summed E-state index contributed by atoms with van der Waals surface area (Å²) in [5.41, 5.74) is 1.95. The SMILES string of the molecule is Cc1ccc(C(=O)N2CCC(C#N)CC2)cc1NC(=O)CC(C)O. The van der Waals surface area contributed by atoms with Gasteiger partial charge in [-0.25, -0.2) is 0 Å². The molecule has 0 aliphatic carbocycles. The van der Waals surface area contributed by atoms with Crippen LogP contribution in [0.15, 0.2) is 18.2 Å². The molecule has 2 N–H and O–H groups in total. The van der Waals surface area contributed by atoms with Crippen molar-refractivity contribution in [3.63, 3.8) is 0 Å². The summed E-state index contributed by atoms with van der Waals surface area (Å²) in [6.45, 7) is 4.56. The predicted octanol–water partition coefficient (Wildman–Crippen LogP) is 2.08. The number of anilines is 1. The molecule has 1 heterocycles. The van der Waals surface area contributed by atoms with E-state index in [1.54, 1.807) is 30.0 Å². The van der Waals surface area contributed by atoms with E-state index in [1.165, 1.54) is 0 Å². The van der Waals surface area contributed by atoms with Crippen LogP contribution in [0.25, 0.3) is 0 Å². The van der Waals surface area contributed by atoms with E-state index < -0.39 is 6.10 Å². The molecule has 1 fully saturated rings. The summed E-state index contributed by atoms with van der Waals surface area (Å²) in [7, 11) is 0. The van der Waals surface area contributed by atoms with Crippen molar-refractivity contribution in [2.45, 2.75) is 39.2 Å². The van der Waals surface area contributed by atoms with Crippen molar-refractivity contribution < 1.29 is 14.7 Å². The normalized spacial score (nSPS) is 16.3. The number of nitriles is 1. The Labute approximate surface area is 142 Å². The number of aliphatic hydroxyl groups excluding tert-OH is 1. The molecule has 0 bridgehead atoms. The van der Waals surface area contributed by atoms with Crippen molar-refractivity contribution in [2.75, 3.05) is 18.4 Å². The fourth-order valence-electron chi connectivity index (χ4n) is 2.75. The second kappa shape index (κ2) is 7.93. The number of hydrogen-bond donors (Lipinski definition) is 2. The predicted molar refractivity (Wildman–Crippen MR) is 90.3 cm³/mol. The van der Waals surface area contributed by atoms with Crippen LogP contribution < -0.4 is 5.32 Å². The van der Waals surface area contributed by atoms with Gasteiger partial charge in [-0.2, -0.15) is 5.26 Å². The Morgan fingerprint density at radius 1 is 1.42 bits per heavy atom. The molecule has 1 aliphatic heterocycles. The third-order valence-electron chi connectivity index (χ3n) is 4.20. The van der Waals surface area contributed by atoms with E-state index >= 15 is 0 Å². The molecule has 1 aromatic rings. The Morgan fingerprint density at radius 3 is 2.67 bits per heavy atom. The number of likely N-dealkylation sites (tertiary alicyclic amines) is 1. The number of benzene rings is 1. The van der Waals surface area contributed by atoms with Gasteiger partial charge in [0, 0.05) is 30.3 Å². The minimum Gasteiger partial charge on any atom is -0.393 e. The Bertz CT molecular complexity index is 656. The van der Waals surface area contributed by atoms with E-state index in [0.717, 1.165) is 5.56 Å². The Kier molecular flexibility index (Phi) is 5.93. The standard InChI is InChI=1S/C18H23N3O3/c1-12-3-4-15(10-16(12)20-17(23)9-13(2)22)18(24)21-7-5-14(11-19)6-8-21/h3-4,10,13-14,22H,5-9H2,1-2H3,(H,20,23). The smallest absolute Gasteiger partial charge is 0.253 e. The van der Waals surface area contributed by atoms with Crippen molar-refractivity contribution in [3.8, 4) is 6.07 Å². The van der Waals surface area contributed by atoms with Crippen LogP contribution in [0.2, 0.25) is 0 Å². The molecule has 2 amide bonds. The Hall–Kier alpha value is -2.39. The van der Waals surface area contributed by atoms with Crippen LogP contribution in [0.3, 0.4) is 0 Å². The molecule has 0 aromatic heterocycles. The first-order chi connectivity index (χ1) is 11.4. The number of hydrogen-bond acceptors (Lipinski definition) is 4. The third kappa shape index (κ3) is 4.56. The van der Waals surface area contributed by atoms with Crippen LogP contribution in [0.1, 0.15) is 42.1 Å². The lowest BCUT2D eigenvalue weighted by Gasteiger charge is -2.29.